The zero-order valence-electron chi connectivity index (χ0n) is 18.1. The number of ether oxygens (including phenoxy) is 1. The SMILES string of the molecule is CCCN(CCCF)c1c(CC)nc2c(-c3c(C)cc(C)cc3OC)ccnn12. The molecule has 2 heterocycles. The van der Waals surface area contributed by atoms with Gasteiger partial charge in [-0.1, -0.05) is 19.9 Å². The van der Waals surface area contributed by atoms with Gasteiger partial charge in [0.2, 0.25) is 0 Å². The van der Waals surface area contributed by atoms with Crippen molar-refractivity contribution in [2.45, 2.75) is 47.0 Å². The first-order valence-corrected chi connectivity index (χ1v) is 10.4. The third-order valence-corrected chi connectivity index (χ3v) is 5.19. The van der Waals surface area contributed by atoms with Crippen LogP contribution in [0.15, 0.2) is 24.4 Å². The van der Waals surface area contributed by atoms with Gasteiger partial charge in [-0.3, -0.25) is 4.39 Å². The Morgan fingerprint density at radius 1 is 1.17 bits per heavy atom. The van der Waals surface area contributed by atoms with Gasteiger partial charge in [0.25, 0.3) is 0 Å². The summed E-state index contributed by atoms with van der Waals surface area (Å²) < 4.78 is 20.5. The third-order valence-electron chi connectivity index (χ3n) is 5.19. The molecule has 0 saturated carbocycles. The van der Waals surface area contributed by atoms with Crippen LogP contribution in [0.25, 0.3) is 16.8 Å². The van der Waals surface area contributed by atoms with E-state index in [-0.39, 0.29) is 6.67 Å². The molecule has 3 aromatic rings. The maximum atomic E-state index is 12.9. The molecular formula is C23H31FN4O. The number of hydrogen-bond acceptors (Lipinski definition) is 4. The average molecular weight is 399 g/mol. The van der Waals surface area contributed by atoms with Crippen molar-refractivity contribution in [1.82, 2.24) is 14.6 Å². The van der Waals surface area contributed by atoms with E-state index in [9.17, 15) is 4.39 Å². The monoisotopic (exact) mass is 398 g/mol. The molecule has 156 valence electrons. The summed E-state index contributed by atoms with van der Waals surface area (Å²) in [5, 5.41) is 4.63. The van der Waals surface area contributed by atoms with Crippen LogP contribution in [0.5, 0.6) is 5.75 Å². The molecule has 0 N–H and O–H groups in total. The van der Waals surface area contributed by atoms with Crippen molar-refractivity contribution in [3.05, 3.63) is 41.2 Å². The Hall–Kier alpha value is -2.63. The summed E-state index contributed by atoms with van der Waals surface area (Å²) in [7, 11) is 1.70. The number of aromatic nitrogens is 3. The molecule has 6 heteroatoms. The Balaban J connectivity index is 2.25. The van der Waals surface area contributed by atoms with Crippen LogP contribution in [-0.4, -0.2) is 41.5 Å². The molecular weight excluding hydrogens is 367 g/mol. The Labute approximate surface area is 172 Å². The summed E-state index contributed by atoms with van der Waals surface area (Å²) in [6.07, 6.45) is 4.08. The van der Waals surface area contributed by atoms with E-state index in [1.165, 1.54) is 0 Å². The highest BCUT2D eigenvalue weighted by atomic mass is 19.1. The van der Waals surface area contributed by atoms with Crippen molar-refractivity contribution < 1.29 is 9.13 Å². The molecule has 0 spiro atoms. The van der Waals surface area contributed by atoms with Crippen molar-refractivity contribution in [1.29, 1.82) is 0 Å². The van der Waals surface area contributed by atoms with Gasteiger partial charge in [-0.25, -0.2) is 4.98 Å². The standard InChI is InChI=1S/C23H31FN4O/c1-6-12-27(13-8-10-24)23-19(7-2)26-22-18(9-11-25-28(22)23)21-17(4)14-16(3)15-20(21)29-5/h9,11,14-15H,6-8,10,12-13H2,1-5H3. The smallest absolute Gasteiger partial charge is 0.164 e. The molecule has 0 saturated heterocycles. The normalized spacial score (nSPS) is 11.2. The van der Waals surface area contributed by atoms with E-state index < -0.39 is 0 Å². The first kappa shape index (κ1) is 21.1. The number of anilines is 1. The summed E-state index contributed by atoms with van der Waals surface area (Å²) >= 11 is 0. The highest BCUT2D eigenvalue weighted by Gasteiger charge is 2.22. The zero-order chi connectivity index (χ0) is 21.0. The van der Waals surface area contributed by atoms with E-state index in [0.29, 0.717) is 13.0 Å². The molecule has 2 aromatic heterocycles. The zero-order valence-corrected chi connectivity index (χ0v) is 18.1. The molecule has 0 radical (unpaired) electrons. The Morgan fingerprint density at radius 3 is 2.62 bits per heavy atom. The molecule has 0 aliphatic carbocycles. The van der Waals surface area contributed by atoms with Crippen molar-refractivity contribution in [3.63, 3.8) is 0 Å². The number of halogens is 1. The van der Waals surface area contributed by atoms with E-state index in [1.54, 1.807) is 7.11 Å². The van der Waals surface area contributed by atoms with E-state index >= 15 is 0 Å². The van der Waals surface area contributed by atoms with Crippen LogP contribution >= 0.6 is 0 Å². The van der Waals surface area contributed by atoms with Gasteiger partial charge in [0.1, 0.15) is 5.75 Å². The Kier molecular flexibility index (Phi) is 6.72. The van der Waals surface area contributed by atoms with Crippen LogP contribution in [-0.2, 0) is 6.42 Å². The van der Waals surface area contributed by atoms with Crippen molar-refractivity contribution in [2.24, 2.45) is 0 Å². The minimum atomic E-state index is -0.323. The fourth-order valence-corrected chi connectivity index (χ4v) is 4.01. The van der Waals surface area contributed by atoms with E-state index in [0.717, 1.165) is 64.5 Å². The fourth-order valence-electron chi connectivity index (χ4n) is 4.01. The van der Waals surface area contributed by atoms with Crippen LogP contribution < -0.4 is 9.64 Å². The summed E-state index contributed by atoms with van der Waals surface area (Å²) in [4.78, 5) is 7.18. The second-order valence-corrected chi connectivity index (χ2v) is 7.40. The number of fused-ring (bicyclic) bond motifs is 1. The second kappa shape index (κ2) is 9.25. The van der Waals surface area contributed by atoms with Crippen LogP contribution in [0.3, 0.4) is 0 Å². The molecule has 5 nitrogen and oxygen atoms in total. The van der Waals surface area contributed by atoms with Gasteiger partial charge >= 0.3 is 0 Å². The lowest BCUT2D eigenvalue weighted by Crippen LogP contribution is -2.28. The van der Waals surface area contributed by atoms with Gasteiger partial charge in [-0.2, -0.15) is 9.61 Å². The van der Waals surface area contributed by atoms with Crippen LogP contribution in [0.2, 0.25) is 0 Å². The number of imidazole rings is 1. The Morgan fingerprint density at radius 2 is 1.97 bits per heavy atom. The lowest BCUT2D eigenvalue weighted by molar-refractivity contribution is 0.416. The first-order chi connectivity index (χ1) is 14.0. The molecule has 0 aliphatic rings. The Bertz CT molecular complexity index is 983. The topological polar surface area (TPSA) is 42.7 Å². The predicted molar refractivity (Wildman–Crippen MR) is 117 cm³/mol. The predicted octanol–water partition coefficient (Wildman–Crippen LogP) is 5.16. The minimum absolute atomic E-state index is 0.323. The summed E-state index contributed by atoms with van der Waals surface area (Å²) in [6, 6.07) is 6.20. The summed E-state index contributed by atoms with van der Waals surface area (Å²) in [5.41, 5.74) is 6.13. The molecule has 0 unspecified atom stereocenters. The summed E-state index contributed by atoms with van der Waals surface area (Å²) in [5.74, 6) is 1.81. The molecule has 29 heavy (non-hydrogen) atoms. The van der Waals surface area contributed by atoms with E-state index in [4.69, 9.17) is 9.72 Å². The highest BCUT2D eigenvalue weighted by molar-refractivity contribution is 5.85. The fraction of sp³-hybridized carbons (Fsp3) is 0.478. The van der Waals surface area contributed by atoms with Gasteiger partial charge in [0, 0.05) is 30.4 Å². The quantitative estimate of drug-likeness (QED) is 0.499. The molecule has 0 fully saturated rings. The third kappa shape index (κ3) is 4.07. The van der Waals surface area contributed by atoms with Gasteiger partial charge in [0.15, 0.2) is 11.5 Å². The van der Waals surface area contributed by atoms with Gasteiger partial charge in [-0.15, -0.1) is 0 Å². The number of benzene rings is 1. The lowest BCUT2D eigenvalue weighted by Gasteiger charge is -2.24. The highest BCUT2D eigenvalue weighted by Crippen LogP contribution is 2.37. The number of rotatable bonds is 9. The molecule has 3 rings (SSSR count). The average Bonchev–Trinajstić information content (AvgIpc) is 3.09. The first-order valence-electron chi connectivity index (χ1n) is 10.4. The molecule has 0 bridgehead atoms. The maximum absolute atomic E-state index is 12.9. The number of alkyl halides is 1. The molecule has 0 atom stereocenters. The van der Waals surface area contributed by atoms with E-state index in [1.807, 2.05) is 16.8 Å². The lowest BCUT2D eigenvalue weighted by atomic mass is 9.98. The maximum Gasteiger partial charge on any atom is 0.164 e. The second-order valence-electron chi connectivity index (χ2n) is 7.40. The van der Waals surface area contributed by atoms with Crippen molar-refractivity contribution >= 4 is 11.5 Å². The van der Waals surface area contributed by atoms with Gasteiger partial charge in [0.05, 0.1) is 19.5 Å². The van der Waals surface area contributed by atoms with Crippen molar-refractivity contribution in [3.8, 4) is 16.9 Å². The molecule has 0 amide bonds. The minimum Gasteiger partial charge on any atom is -0.496 e. The number of nitrogens with zero attached hydrogens (tertiary/aromatic N) is 4. The largest absolute Gasteiger partial charge is 0.496 e. The number of methoxy groups -OCH3 is 1. The molecule has 0 aliphatic heterocycles. The van der Waals surface area contributed by atoms with E-state index in [2.05, 4.69) is 49.8 Å². The van der Waals surface area contributed by atoms with Gasteiger partial charge in [-0.05, 0) is 56.4 Å². The molecule has 1 aromatic carbocycles. The van der Waals surface area contributed by atoms with Gasteiger partial charge < -0.3 is 9.64 Å². The van der Waals surface area contributed by atoms with Crippen LogP contribution in [0.4, 0.5) is 10.2 Å². The van der Waals surface area contributed by atoms with Crippen LogP contribution in [0.1, 0.15) is 43.5 Å². The summed E-state index contributed by atoms with van der Waals surface area (Å²) in [6.45, 7) is 9.58. The number of aryl methyl sites for hydroxylation is 3. The number of hydrogen-bond donors (Lipinski definition) is 0. The van der Waals surface area contributed by atoms with Crippen molar-refractivity contribution in [2.75, 3.05) is 31.8 Å². The van der Waals surface area contributed by atoms with Crippen LogP contribution in [0, 0.1) is 13.8 Å².